The molecule has 1 rings (SSSR count). The number of carbonyl (C=O) groups is 1. The van der Waals surface area contributed by atoms with Crippen molar-refractivity contribution < 1.29 is 9.53 Å². The van der Waals surface area contributed by atoms with Crippen LogP contribution in [0.25, 0.3) is 0 Å². The highest BCUT2D eigenvalue weighted by Gasteiger charge is 2.00. The third-order valence-electron chi connectivity index (χ3n) is 1.74. The first-order chi connectivity index (χ1) is 7.26. The van der Waals surface area contributed by atoms with Crippen LogP contribution in [0.4, 0.5) is 5.69 Å². The van der Waals surface area contributed by atoms with Crippen molar-refractivity contribution in [1.82, 2.24) is 0 Å². The summed E-state index contributed by atoms with van der Waals surface area (Å²) < 4.78 is 5.10. The fourth-order valence-corrected chi connectivity index (χ4v) is 1.03. The van der Waals surface area contributed by atoms with Gasteiger partial charge in [0, 0.05) is 18.2 Å². The molecule has 1 amide bonds. The molecule has 78 valence electrons. The second kappa shape index (κ2) is 5.66. The lowest BCUT2D eigenvalue weighted by Gasteiger charge is -2.06. The maximum atomic E-state index is 11.1. The molecule has 1 aromatic carbocycles. The first-order valence-electron chi connectivity index (χ1n) is 4.66. The fourth-order valence-electron chi connectivity index (χ4n) is 1.03. The summed E-state index contributed by atoms with van der Waals surface area (Å²) >= 11 is 0. The average Bonchev–Trinajstić information content (AvgIpc) is 2.26. The number of nitriles is 1. The van der Waals surface area contributed by atoms with Gasteiger partial charge in [0.2, 0.25) is 5.91 Å². The van der Waals surface area contributed by atoms with Gasteiger partial charge in [-0.05, 0) is 12.1 Å². The highest BCUT2D eigenvalue weighted by Crippen LogP contribution is 2.17. The largest absolute Gasteiger partial charge is 0.479 e. The average molecular weight is 204 g/mol. The number of hydrogen-bond acceptors (Lipinski definition) is 3. The lowest BCUT2D eigenvalue weighted by Crippen LogP contribution is -2.09. The molecule has 0 heterocycles. The molecule has 4 nitrogen and oxygen atoms in total. The Bertz CT molecular complexity index is 382. The van der Waals surface area contributed by atoms with Crippen molar-refractivity contribution in [2.24, 2.45) is 0 Å². The van der Waals surface area contributed by atoms with E-state index in [9.17, 15) is 4.79 Å². The number of nitrogens with one attached hydrogen (secondary N) is 1. The quantitative estimate of drug-likeness (QED) is 0.815. The second-order valence-electron chi connectivity index (χ2n) is 2.88. The Morgan fingerprint density at radius 1 is 1.60 bits per heavy atom. The van der Waals surface area contributed by atoms with Gasteiger partial charge >= 0.3 is 0 Å². The normalized spacial score (nSPS) is 9.07. The Balaban J connectivity index is 2.66. The maximum absolute atomic E-state index is 11.1. The third-order valence-corrected chi connectivity index (χ3v) is 1.74. The van der Waals surface area contributed by atoms with Gasteiger partial charge in [-0.15, -0.1) is 0 Å². The molecular formula is C11H12N2O2. The van der Waals surface area contributed by atoms with Crippen molar-refractivity contribution >= 4 is 11.6 Å². The zero-order valence-electron chi connectivity index (χ0n) is 8.49. The van der Waals surface area contributed by atoms with Crippen LogP contribution in [0.5, 0.6) is 5.75 Å². The first kappa shape index (κ1) is 11.1. The van der Waals surface area contributed by atoms with Crippen LogP contribution in [0.15, 0.2) is 24.3 Å². The van der Waals surface area contributed by atoms with E-state index in [1.807, 2.05) is 6.07 Å². The first-order valence-corrected chi connectivity index (χ1v) is 4.66. The molecule has 4 heteroatoms. The summed E-state index contributed by atoms with van der Waals surface area (Å²) in [6, 6.07) is 8.83. The minimum absolute atomic E-state index is 0.00514. The summed E-state index contributed by atoms with van der Waals surface area (Å²) in [6.45, 7) is 1.79. The van der Waals surface area contributed by atoms with Crippen molar-refractivity contribution in [3.05, 3.63) is 24.3 Å². The van der Waals surface area contributed by atoms with Crippen LogP contribution in [-0.2, 0) is 4.79 Å². The Hall–Kier alpha value is -2.02. The van der Waals surface area contributed by atoms with Crippen LogP contribution in [0, 0.1) is 11.3 Å². The number of ether oxygens (including phenoxy) is 1. The van der Waals surface area contributed by atoms with Crippen molar-refractivity contribution in [3.63, 3.8) is 0 Å². The van der Waals surface area contributed by atoms with Crippen LogP contribution < -0.4 is 10.1 Å². The van der Waals surface area contributed by atoms with Gasteiger partial charge in [0.15, 0.2) is 6.61 Å². The summed E-state index contributed by atoms with van der Waals surface area (Å²) in [7, 11) is 0. The molecule has 0 bridgehead atoms. The number of rotatable bonds is 4. The van der Waals surface area contributed by atoms with Gasteiger partial charge in [0.05, 0.1) is 0 Å². The van der Waals surface area contributed by atoms with E-state index in [1.54, 1.807) is 31.2 Å². The van der Waals surface area contributed by atoms with E-state index in [2.05, 4.69) is 5.32 Å². The summed E-state index contributed by atoms with van der Waals surface area (Å²) in [4.78, 5) is 11.1. The molecule has 0 atom stereocenters. The van der Waals surface area contributed by atoms with Crippen LogP contribution in [0.3, 0.4) is 0 Å². The number of benzene rings is 1. The fraction of sp³-hybridized carbons (Fsp3) is 0.273. The zero-order valence-corrected chi connectivity index (χ0v) is 8.49. The number of nitrogens with zero attached hydrogens (tertiary/aromatic N) is 1. The predicted molar refractivity (Wildman–Crippen MR) is 56.5 cm³/mol. The maximum Gasteiger partial charge on any atom is 0.224 e. The van der Waals surface area contributed by atoms with Gasteiger partial charge in [-0.2, -0.15) is 5.26 Å². The highest BCUT2D eigenvalue weighted by atomic mass is 16.5. The lowest BCUT2D eigenvalue weighted by molar-refractivity contribution is -0.115. The van der Waals surface area contributed by atoms with Gasteiger partial charge in [0.1, 0.15) is 11.8 Å². The molecule has 0 radical (unpaired) electrons. The number of amides is 1. The van der Waals surface area contributed by atoms with Crippen molar-refractivity contribution in [1.29, 1.82) is 5.26 Å². The zero-order chi connectivity index (χ0) is 11.1. The van der Waals surface area contributed by atoms with E-state index >= 15 is 0 Å². The van der Waals surface area contributed by atoms with E-state index in [0.29, 0.717) is 17.9 Å². The van der Waals surface area contributed by atoms with Gasteiger partial charge in [-0.25, -0.2) is 0 Å². The van der Waals surface area contributed by atoms with Crippen LogP contribution >= 0.6 is 0 Å². The number of anilines is 1. The van der Waals surface area contributed by atoms with Gasteiger partial charge in [-0.1, -0.05) is 13.0 Å². The molecule has 0 fully saturated rings. The molecule has 0 aliphatic carbocycles. The summed E-state index contributed by atoms with van der Waals surface area (Å²) in [5.74, 6) is 0.526. The Kier molecular flexibility index (Phi) is 4.17. The molecule has 0 unspecified atom stereocenters. The summed E-state index contributed by atoms with van der Waals surface area (Å²) in [5, 5.41) is 11.0. The van der Waals surface area contributed by atoms with E-state index < -0.39 is 0 Å². The van der Waals surface area contributed by atoms with Crippen LogP contribution in [0.2, 0.25) is 0 Å². The Morgan fingerprint density at radius 2 is 2.40 bits per heavy atom. The van der Waals surface area contributed by atoms with Gasteiger partial charge < -0.3 is 10.1 Å². The van der Waals surface area contributed by atoms with E-state index in [4.69, 9.17) is 10.00 Å². The molecule has 0 aliphatic heterocycles. The number of hydrogen-bond donors (Lipinski definition) is 1. The molecule has 0 aliphatic rings. The smallest absolute Gasteiger partial charge is 0.224 e. The molecule has 1 N–H and O–H groups in total. The standard InChI is InChI=1S/C11H12N2O2/c1-2-11(14)13-9-4-3-5-10(8-9)15-7-6-12/h3-5,8H,2,7H2,1H3,(H,13,14). The van der Waals surface area contributed by atoms with Crippen LogP contribution in [-0.4, -0.2) is 12.5 Å². The molecule has 1 aromatic rings. The van der Waals surface area contributed by atoms with E-state index in [0.717, 1.165) is 0 Å². The van der Waals surface area contributed by atoms with Crippen molar-refractivity contribution in [3.8, 4) is 11.8 Å². The Labute approximate surface area is 88.5 Å². The van der Waals surface area contributed by atoms with E-state index in [-0.39, 0.29) is 12.5 Å². The number of carbonyl (C=O) groups excluding carboxylic acids is 1. The van der Waals surface area contributed by atoms with Crippen molar-refractivity contribution in [2.45, 2.75) is 13.3 Å². The molecule has 0 spiro atoms. The highest BCUT2D eigenvalue weighted by molar-refractivity contribution is 5.90. The Morgan fingerprint density at radius 3 is 3.07 bits per heavy atom. The topological polar surface area (TPSA) is 62.1 Å². The second-order valence-corrected chi connectivity index (χ2v) is 2.88. The third kappa shape index (κ3) is 3.69. The molecular weight excluding hydrogens is 192 g/mol. The molecule has 0 saturated heterocycles. The molecule has 0 aromatic heterocycles. The van der Waals surface area contributed by atoms with Gasteiger partial charge in [0.25, 0.3) is 0 Å². The van der Waals surface area contributed by atoms with Gasteiger partial charge in [-0.3, -0.25) is 4.79 Å². The van der Waals surface area contributed by atoms with Crippen molar-refractivity contribution in [2.75, 3.05) is 11.9 Å². The molecule has 0 saturated carbocycles. The lowest BCUT2D eigenvalue weighted by atomic mass is 10.3. The monoisotopic (exact) mass is 204 g/mol. The minimum Gasteiger partial charge on any atom is -0.479 e. The summed E-state index contributed by atoms with van der Waals surface area (Å²) in [5.41, 5.74) is 0.678. The SMILES string of the molecule is CCC(=O)Nc1cccc(OCC#N)c1. The predicted octanol–water partition coefficient (Wildman–Crippen LogP) is 1.94. The van der Waals surface area contributed by atoms with Crippen LogP contribution in [0.1, 0.15) is 13.3 Å². The summed E-state index contributed by atoms with van der Waals surface area (Å²) in [6.07, 6.45) is 0.434. The minimum atomic E-state index is -0.0487. The molecule has 15 heavy (non-hydrogen) atoms. The van der Waals surface area contributed by atoms with E-state index in [1.165, 1.54) is 0 Å².